The van der Waals surface area contributed by atoms with Crippen molar-refractivity contribution in [3.8, 4) is 0 Å². The first kappa shape index (κ1) is 15.8. The van der Waals surface area contributed by atoms with E-state index in [0.29, 0.717) is 0 Å². The van der Waals surface area contributed by atoms with Crippen LogP contribution in [0.1, 0.15) is 13.8 Å². The molecule has 0 rings (SSSR count). The number of rotatable bonds is 7. The molecule has 0 aliphatic carbocycles. The third kappa shape index (κ3) is 5.62. The number of carbonyl (C=O) groups excluding carboxylic acids is 2. The monoisotopic (exact) mass is 250 g/mol. The number of carbonyl (C=O) groups is 2. The van der Waals surface area contributed by atoms with Crippen LogP contribution in [0, 0.1) is 0 Å². The van der Waals surface area contributed by atoms with Crippen molar-refractivity contribution in [2.45, 2.75) is 32.5 Å². The van der Waals surface area contributed by atoms with Crippen LogP contribution in [-0.2, 0) is 33.3 Å². The second-order valence-corrected chi connectivity index (χ2v) is 3.13. The predicted octanol–water partition coefficient (Wildman–Crippen LogP) is 0.0726. The van der Waals surface area contributed by atoms with Crippen LogP contribution >= 0.6 is 0 Å². The van der Waals surface area contributed by atoms with Crippen LogP contribution in [0.5, 0.6) is 0 Å². The lowest BCUT2D eigenvalue weighted by atomic mass is 10.3. The van der Waals surface area contributed by atoms with E-state index >= 15 is 0 Å². The van der Waals surface area contributed by atoms with Crippen molar-refractivity contribution < 1.29 is 33.3 Å². The van der Waals surface area contributed by atoms with E-state index in [1.54, 1.807) is 0 Å². The Labute approximate surface area is 99.9 Å². The van der Waals surface area contributed by atoms with Crippen molar-refractivity contribution in [3.05, 3.63) is 0 Å². The number of methoxy groups -OCH3 is 3. The van der Waals surface area contributed by atoms with E-state index in [-0.39, 0.29) is 0 Å². The third-order valence-electron chi connectivity index (χ3n) is 1.82. The van der Waals surface area contributed by atoms with Gasteiger partial charge in [-0.05, 0) is 0 Å². The highest BCUT2D eigenvalue weighted by Crippen LogP contribution is 2.14. The normalized spacial score (nSPS) is 14.2. The summed E-state index contributed by atoms with van der Waals surface area (Å²) in [5.41, 5.74) is 0. The van der Waals surface area contributed by atoms with Gasteiger partial charge in [-0.25, -0.2) is 0 Å². The zero-order valence-electron chi connectivity index (χ0n) is 10.6. The molecular formula is C10H18O7. The summed E-state index contributed by atoms with van der Waals surface area (Å²) in [5.74, 6) is -1.14. The quantitative estimate of drug-likeness (QED) is 0.467. The minimum atomic E-state index is -1.10. The van der Waals surface area contributed by atoms with Gasteiger partial charge in [0, 0.05) is 35.2 Å². The maximum atomic E-state index is 11.0. The molecule has 0 spiro atoms. The van der Waals surface area contributed by atoms with E-state index < -0.39 is 30.6 Å². The fraction of sp³-hybridized carbons (Fsp3) is 0.800. The minimum Gasteiger partial charge on any atom is -0.450 e. The topological polar surface area (TPSA) is 80.3 Å². The van der Waals surface area contributed by atoms with Crippen LogP contribution in [-0.4, -0.2) is 52.0 Å². The number of esters is 2. The summed E-state index contributed by atoms with van der Waals surface area (Å²) < 4.78 is 24.6. The molecule has 100 valence electrons. The average molecular weight is 250 g/mol. The van der Waals surface area contributed by atoms with Gasteiger partial charge < -0.3 is 23.7 Å². The van der Waals surface area contributed by atoms with Gasteiger partial charge in [-0.15, -0.1) is 0 Å². The molecule has 0 aliphatic heterocycles. The zero-order chi connectivity index (χ0) is 13.4. The molecule has 0 saturated carbocycles. The Bertz CT molecular complexity index is 249. The first-order valence-electron chi connectivity index (χ1n) is 4.89. The largest absolute Gasteiger partial charge is 0.450 e. The first-order valence-corrected chi connectivity index (χ1v) is 4.89. The summed E-state index contributed by atoms with van der Waals surface area (Å²) in [6, 6.07) is 0. The van der Waals surface area contributed by atoms with E-state index in [0.717, 1.165) is 0 Å². The summed E-state index contributed by atoms with van der Waals surface area (Å²) in [5, 5.41) is 0. The molecule has 0 aromatic heterocycles. The fourth-order valence-electron chi connectivity index (χ4n) is 1.21. The van der Waals surface area contributed by atoms with E-state index in [9.17, 15) is 9.59 Å². The lowest BCUT2D eigenvalue weighted by Crippen LogP contribution is -2.45. The van der Waals surface area contributed by atoms with Crippen molar-refractivity contribution in [1.82, 2.24) is 0 Å². The number of hydrogen-bond donors (Lipinski definition) is 0. The second-order valence-electron chi connectivity index (χ2n) is 3.13. The summed E-state index contributed by atoms with van der Waals surface area (Å²) in [6.45, 7) is 2.43. The molecule has 0 fully saturated rings. The van der Waals surface area contributed by atoms with Gasteiger partial charge in [-0.1, -0.05) is 0 Å². The maximum absolute atomic E-state index is 11.0. The number of hydrogen-bond acceptors (Lipinski definition) is 7. The molecule has 0 heterocycles. The van der Waals surface area contributed by atoms with Gasteiger partial charge >= 0.3 is 11.9 Å². The Hall–Kier alpha value is -1.18. The summed E-state index contributed by atoms with van der Waals surface area (Å²) in [7, 11) is 4.04. The van der Waals surface area contributed by atoms with Gasteiger partial charge in [-0.3, -0.25) is 9.59 Å². The van der Waals surface area contributed by atoms with Crippen LogP contribution in [0.25, 0.3) is 0 Å². The van der Waals surface area contributed by atoms with Gasteiger partial charge in [0.15, 0.2) is 0 Å². The predicted molar refractivity (Wildman–Crippen MR) is 55.9 cm³/mol. The molecule has 0 aromatic carbocycles. The smallest absolute Gasteiger partial charge is 0.305 e. The van der Waals surface area contributed by atoms with Crippen LogP contribution < -0.4 is 0 Å². The lowest BCUT2D eigenvalue weighted by molar-refractivity contribution is -0.256. The Morgan fingerprint density at radius 2 is 1.18 bits per heavy atom. The molecule has 7 heteroatoms. The second kappa shape index (κ2) is 7.99. The molecule has 0 amide bonds. The maximum Gasteiger partial charge on any atom is 0.305 e. The van der Waals surface area contributed by atoms with Gasteiger partial charge in [0.1, 0.15) is 0 Å². The Kier molecular flexibility index (Phi) is 7.44. The van der Waals surface area contributed by atoms with Crippen LogP contribution in [0.2, 0.25) is 0 Å². The van der Waals surface area contributed by atoms with Gasteiger partial charge in [0.05, 0.1) is 0 Å². The SMILES string of the molecule is COC(OC)C(OC(C)=O)C(OC)OC(C)=O. The molecule has 17 heavy (non-hydrogen) atoms. The first-order chi connectivity index (χ1) is 7.96. The van der Waals surface area contributed by atoms with Crippen molar-refractivity contribution >= 4 is 11.9 Å². The highest BCUT2D eigenvalue weighted by atomic mass is 16.7. The van der Waals surface area contributed by atoms with Crippen molar-refractivity contribution in [2.75, 3.05) is 21.3 Å². The van der Waals surface area contributed by atoms with Crippen LogP contribution in [0.15, 0.2) is 0 Å². The summed E-state index contributed by atoms with van der Waals surface area (Å²) in [4.78, 5) is 21.8. The fourth-order valence-corrected chi connectivity index (χ4v) is 1.21. The van der Waals surface area contributed by atoms with Gasteiger partial charge in [-0.2, -0.15) is 0 Å². The van der Waals surface area contributed by atoms with Crippen molar-refractivity contribution in [2.24, 2.45) is 0 Å². The average Bonchev–Trinajstić information content (AvgIpc) is 2.25. The number of ether oxygens (including phenoxy) is 5. The molecular weight excluding hydrogens is 232 g/mol. The van der Waals surface area contributed by atoms with Crippen molar-refractivity contribution in [3.63, 3.8) is 0 Å². The summed E-state index contributed by atoms with van der Waals surface area (Å²) >= 11 is 0. The highest BCUT2D eigenvalue weighted by Gasteiger charge is 2.35. The molecule has 0 aliphatic rings. The van der Waals surface area contributed by atoms with E-state index in [2.05, 4.69) is 0 Å². The molecule has 0 N–H and O–H groups in total. The molecule has 0 radical (unpaired) electrons. The summed E-state index contributed by atoms with van der Waals surface area (Å²) in [6.07, 6.45) is -3.00. The highest BCUT2D eigenvalue weighted by molar-refractivity contribution is 5.67. The minimum absolute atomic E-state index is 0.566. The molecule has 2 unspecified atom stereocenters. The third-order valence-corrected chi connectivity index (χ3v) is 1.82. The van der Waals surface area contributed by atoms with Gasteiger partial charge in [0.2, 0.25) is 18.7 Å². The zero-order valence-corrected chi connectivity index (χ0v) is 10.6. The lowest BCUT2D eigenvalue weighted by Gasteiger charge is -2.29. The molecule has 0 saturated heterocycles. The Morgan fingerprint density at radius 3 is 1.47 bits per heavy atom. The van der Waals surface area contributed by atoms with E-state index in [1.807, 2.05) is 0 Å². The van der Waals surface area contributed by atoms with Crippen molar-refractivity contribution in [1.29, 1.82) is 0 Å². The van der Waals surface area contributed by atoms with E-state index in [1.165, 1.54) is 35.2 Å². The molecule has 2 atom stereocenters. The molecule has 0 aromatic rings. The van der Waals surface area contributed by atoms with Crippen LogP contribution in [0.4, 0.5) is 0 Å². The van der Waals surface area contributed by atoms with Gasteiger partial charge in [0.25, 0.3) is 0 Å². The van der Waals surface area contributed by atoms with Crippen LogP contribution in [0.3, 0.4) is 0 Å². The Morgan fingerprint density at radius 1 is 0.765 bits per heavy atom. The molecule has 0 bridgehead atoms. The molecule has 7 nitrogen and oxygen atoms in total. The van der Waals surface area contributed by atoms with E-state index in [4.69, 9.17) is 23.7 Å². The standard InChI is InChI=1S/C10H18O7/c1-6(11)16-8(9(13-3)14-4)10(15-5)17-7(2)12/h8-10H,1-5H3. The Balaban J connectivity index is 4.83.